The molecule has 0 radical (unpaired) electrons. The molecule has 1 fully saturated rings. The predicted octanol–water partition coefficient (Wildman–Crippen LogP) is 1.21. The molecular formula is C21H19N5O5. The maximum Gasteiger partial charge on any atom is 0.339 e. The lowest BCUT2D eigenvalue weighted by molar-refractivity contribution is -0.606. The summed E-state index contributed by atoms with van der Waals surface area (Å²) in [5.41, 5.74) is -1.07. The van der Waals surface area contributed by atoms with Crippen molar-refractivity contribution in [3.05, 3.63) is 71.3 Å². The number of hydrogen-bond donors (Lipinski definition) is 2. The number of amides is 1. The van der Waals surface area contributed by atoms with E-state index >= 15 is 0 Å². The van der Waals surface area contributed by atoms with Gasteiger partial charge in [0.2, 0.25) is 0 Å². The second kappa shape index (κ2) is 6.88. The van der Waals surface area contributed by atoms with Gasteiger partial charge in [0.25, 0.3) is 5.91 Å². The zero-order valence-corrected chi connectivity index (χ0v) is 16.4. The van der Waals surface area contributed by atoms with E-state index in [4.69, 9.17) is 4.74 Å². The molecule has 31 heavy (non-hydrogen) atoms. The van der Waals surface area contributed by atoms with Gasteiger partial charge in [-0.2, -0.15) is 9.83 Å². The number of nitrogens with zero attached hydrogens (tertiary/aromatic N) is 4. The van der Waals surface area contributed by atoms with Gasteiger partial charge in [-0.25, -0.2) is 4.79 Å². The summed E-state index contributed by atoms with van der Waals surface area (Å²) in [4.78, 5) is 26.4. The topological polar surface area (TPSA) is 133 Å². The molecular weight excluding hydrogens is 402 g/mol. The van der Waals surface area contributed by atoms with Gasteiger partial charge in [-0.05, 0) is 37.8 Å². The molecule has 1 aliphatic carbocycles. The first-order valence-electron chi connectivity index (χ1n) is 9.87. The molecule has 3 aromatic rings. The van der Waals surface area contributed by atoms with Crippen LogP contribution in [0.1, 0.15) is 41.6 Å². The number of fused-ring (bicyclic) bond motifs is 2. The Kier molecular flexibility index (Phi) is 4.26. The van der Waals surface area contributed by atoms with Gasteiger partial charge in [-0.1, -0.05) is 18.2 Å². The average Bonchev–Trinajstić information content (AvgIpc) is 3.34. The van der Waals surface area contributed by atoms with Crippen LogP contribution in [0.4, 0.5) is 5.82 Å². The molecule has 1 spiro atoms. The molecule has 1 aromatic carbocycles. The summed E-state index contributed by atoms with van der Waals surface area (Å²) in [6, 6.07) is 10.7. The average molecular weight is 421 g/mol. The van der Waals surface area contributed by atoms with Crippen molar-refractivity contribution in [2.75, 3.05) is 5.32 Å². The summed E-state index contributed by atoms with van der Waals surface area (Å²) < 4.78 is 6.22. The number of nitrogens with one attached hydrogen (secondary N) is 1. The Morgan fingerprint density at radius 3 is 2.68 bits per heavy atom. The molecule has 5 rings (SSSR count). The van der Waals surface area contributed by atoms with Crippen molar-refractivity contribution < 1.29 is 24.2 Å². The maximum absolute atomic E-state index is 12.8. The highest BCUT2D eigenvalue weighted by Gasteiger charge is 2.54. The first-order chi connectivity index (χ1) is 14.9. The van der Waals surface area contributed by atoms with Crippen molar-refractivity contribution in [2.45, 2.75) is 36.9 Å². The van der Waals surface area contributed by atoms with Crippen LogP contribution in [0.3, 0.4) is 0 Å². The number of ether oxygens (including phenoxy) is 1. The summed E-state index contributed by atoms with van der Waals surface area (Å²) in [5, 5.41) is 33.7. The molecule has 1 amide bonds. The fourth-order valence-corrected chi connectivity index (χ4v) is 4.21. The highest BCUT2D eigenvalue weighted by Crippen LogP contribution is 2.48. The Bertz CT molecular complexity index is 1170. The summed E-state index contributed by atoms with van der Waals surface area (Å²) in [5.74, 6) is -0.880. The van der Waals surface area contributed by atoms with E-state index in [1.54, 1.807) is 0 Å². The Hall–Kier alpha value is -3.79. The molecule has 0 atom stereocenters. The Morgan fingerprint density at radius 2 is 1.94 bits per heavy atom. The molecule has 0 saturated heterocycles. The number of aliphatic hydroxyl groups is 1. The molecule has 0 bridgehead atoms. The second-order valence-corrected chi connectivity index (χ2v) is 7.86. The predicted molar refractivity (Wildman–Crippen MR) is 106 cm³/mol. The molecule has 1 aliphatic heterocycles. The molecule has 2 aliphatic rings. The standard InChI is InChI=1S/C21H19N5O5/c27-18-15-6-11-25(30)13-16(15)21(31-18)9-7-20(29,8-10-21)19(28)23-17-12-22-26(24-17)14-4-2-1-3-5-14/h1-6,11-13,29H,7-10H2,(H,23,24,28)/t20-,21+. The highest BCUT2D eigenvalue weighted by molar-refractivity contribution is 5.97. The Morgan fingerprint density at radius 1 is 1.19 bits per heavy atom. The van der Waals surface area contributed by atoms with Gasteiger partial charge in [0.1, 0.15) is 11.2 Å². The van der Waals surface area contributed by atoms with Crippen LogP contribution in [-0.4, -0.2) is 37.6 Å². The third kappa shape index (κ3) is 3.21. The minimum absolute atomic E-state index is 0.0616. The van der Waals surface area contributed by atoms with Crippen LogP contribution in [0.15, 0.2) is 55.0 Å². The van der Waals surface area contributed by atoms with E-state index in [1.165, 1.54) is 29.5 Å². The number of rotatable bonds is 3. The molecule has 158 valence electrons. The lowest BCUT2D eigenvalue weighted by Crippen LogP contribution is -2.49. The third-order valence-electron chi connectivity index (χ3n) is 5.96. The minimum atomic E-state index is -1.65. The van der Waals surface area contributed by atoms with Crippen LogP contribution in [0.25, 0.3) is 5.69 Å². The van der Waals surface area contributed by atoms with Gasteiger partial charge in [0.15, 0.2) is 18.2 Å². The van der Waals surface area contributed by atoms with Gasteiger partial charge in [0.05, 0.1) is 23.0 Å². The number of esters is 1. The fraction of sp³-hybridized carbons (Fsp3) is 0.286. The molecule has 0 unspecified atom stereocenters. The monoisotopic (exact) mass is 421 g/mol. The first kappa shape index (κ1) is 19.2. The number of pyridine rings is 1. The van der Waals surface area contributed by atoms with Gasteiger partial charge in [0, 0.05) is 6.07 Å². The van der Waals surface area contributed by atoms with Crippen molar-refractivity contribution in [3.63, 3.8) is 0 Å². The van der Waals surface area contributed by atoms with Gasteiger partial charge in [-0.3, -0.25) is 4.79 Å². The molecule has 10 nitrogen and oxygen atoms in total. The molecule has 10 heteroatoms. The summed E-state index contributed by atoms with van der Waals surface area (Å²) in [7, 11) is 0. The number of aromatic nitrogens is 4. The highest BCUT2D eigenvalue weighted by atomic mass is 16.6. The third-order valence-corrected chi connectivity index (χ3v) is 5.96. The number of benzene rings is 1. The van der Waals surface area contributed by atoms with Crippen molar-refractivity contribution >= 4 is 17.7 Å². The van der Waals surface area contributed by atoms with E-state index in [1.807, 2.05) is 30.3 Å². The van der Waals surface area contributed by atoms with E-state index in [-0.39, 0.29) is 31.5 Å². The van der Waals surface area contributed by atoms with Crippen molar-refractivity contribution in [2.24, 2.45) is 0 Å². The summed E-state index contributed by atoms with van der Waals surface area (Å²) in [6.07, 6.45) is 4.53. The lowest BCUT2D eigenvalue weighted by atomic mass is 9.73. The van der Waals surface area contributed by atoms with Crippen molar-refractivity contribution in [3.8, 4) is 5.69 Å². The lowest BCUT2D eigenvalue weighted by Gasteiger charge is -2.39. The fourth-order valence-electron chi connectivity index (χ4n) is 4.21. The largest absolute Gasteiger partial charge is 0.619 e. The Labute approximate surface area is 176 Å². The van der Waals surface area contributed by atoms with Crippen LogP contribution < -0.4 is 10.0 Å². The van der Waals surface area contributed by atoms with Crippen LogP contribution in [0.2, 0.25) is 0 Å². The number of para-hydroxylation sites is 1. The van der Waals surface area contributed by atoms with Gasteiger partial charge >= 0.3 is 5.97 Å². The SMILES string of the molecule is O=C1O[C@]2(CC[C@](O)(C(=O)Nc3cnn(-c4ccccc4)n3)CC2)c2c[n+]([O-])ccc21. The number of carbonyl (C=O) groups is 2. The number of carbonyl (C=O) groups excluding carboxylic acids is 2. The van der Waals surface area contributed by atoms with Crippen molar-refractivity contribution in [1.82, 2.24) is 15.0 Å². The van der Waals surface area contributed by atoms with E-state index in [2.05, 4.69) is 15.5 Å². The molecule has 3 heterocycles. The molecule has 2 aromatic heterocycles. The zero-order valence-electron chi connectivity index (χ0n) is 16.4. The van der Waals surface area contributed by atoms with E-state index in [9.17, 15) is 19.9 Å². The minimum Gasteiger partial charge on any atom is -0.619 e. The van der Waals surface area contributed by atoms with E-state index < -0.39 is 23.1 Å². The summed E-state index contributed by atoms with van der Waals surface area (Å²) >= 11 is 0. The molecule has 2 N–H and O–H groups in total. The van der Waals surface area contributed by atoms with E-state index in [0.717, 1.165) is 5.69 Å². The van der Waals surface area contributed by atoms with Crippen LogP contribution in [0, 0.1) is 5.21 Å². The number of anilines is 1. The van der Waals surface area contributed by atoms with Crippen LogP contribution in [0.5, 0.6) is 0 Å². The number of hydrogen-bond acceptors (Lipinski definition) is 7. The van der Waals surface area contributed by atoms with Crippen molar-refractivity contribution in [1.29, 1.82) is 0 Å². The normalized spacial score (nSPS) is 24.6. The Balaban J connectivity index is 1.30. The maximum atomic E-state index is 12.8. The second-order valence-electron chi connectivity index (χ2n) is 7.86. The quantitative estimate of drug-likeness (QED) is 0.369. The van der Waals surface area contributed by atoms with Crippen LogP contribution in [-0.2, 0) is 15.1 Å². The smallest absolute Gasteiger partial charge is 0.339 e. The van der Waals surface area contributed by atoms with Gasteiger partial charge < -0.3 is 20.4 Å². The molecule has 1 saturated carbocycles. The van der Waals surface area contributed by atoms with Gasteiger partial charge in [-0.15, -0.1) is 9.90 Å². The summed E-state index contributed by atoms with van der Waals surface area (Å²) in [6.45, 7) is 0. The van der Waals surface area contributed by atoms with E-state index in [0.29, 0.717) is 15.9 Å². The first-order valence-corrected chi connectivity index (χ1v) is 9.87. The van der Waals surface area contributed by atoms with Crippen LogP contribution >= 0.6 is 0 Å². The zero-order chi connectivity index (χ0) is 21.6.